The zero-order valence-corrected chi connectivity index (χ0v) is 11.6. The lowest BCUT2D eigenvalue weighted by Gasteiger charge is -2.35. The number of ether oxygens (including phenoxy) is 2. The molecule has 1 unspecified atom stereocenters. The highest BCUT2D eigenvalue weighted by Gasteiger charge is 2.37. The molecule has 4 N–H and O–H groups in total. The van der Waals surface area contributed by atoms with Gasteiger partial charge in [-0.3, -0.25) is 10.1 Å². The van der Waals surface area contributed by atoms with Crippen LogP contribution in [-0.4, -0.2) is 52.4 Å². The summed E-state index contributed by atoms with van der Waals surface area (Å²) >= 11 is 0. The summed E-state index contributed by atoms with van der Waals surface area (Å²) < 4.78 is 10.3. The summed E-state index contributed by atoms with van der Waals surface area (Å²) in [5, 5.41) is 31.7. The lowest BCUT2D eigenvalue weighted by molar-refractivity contribution is -0.195. The van der Waals surface area contributed by atoms with Gasteiger partial charge in [0.15, 0.2) is 0 Å². The van der Waals surface area contributed by atoms with Crippen molar-refractivity contribution in [1.29, 1.82) is 0 Å². The van der Waals surface area contributed by atoms with Gasteiger partial charge in [0.2, 0.25) is 0 Å². The van der Waals surface area contributed by atoms with Crippen LogP contribution in [0, 0.1) is 0 Å². The number of hydrogen-bond donors (Lipinski definition) is 4. The molecule has 0 radical (unpaired) electrons. The molecule has 4 atom stereocenters. The lowest BCUT2D eigenvalue weighted by Crippen LogP contribution is -2.57. The Morgan fingerprint density at radius 1 is 1.33 bits per heavy atom. The second-order valence-corrected chi connectivity index (χ2v) is 4.88. The Kier molecular flexibility index (Phi) is 5.27. The minimum absolute atomic E-state index is 0.0680. The van der Waals surface area contributed by atoms with Gasteiger partial charge in [0.25, 0.3) is 0 Å². The van der Waals surface area contributed by atoms with E-state index in [0.29, 0.717) is 11.3 Å². The predicted molar refractivity (Wildman–Crippen MR) is 72.4 cm³/mol. The first-order valence-corrected chi connectivity index (χ1v) is 6.64. The number of benzene rings is 1. The van der Waals surface area contributed by atoms with Crippen LogP contribution in [0.5, 0.6) is 5.75 Å². The fourth-order valence-corrected chi connectivity index (χ4v) is 2.10. The highest BCUT2D eigenvalue weighted by Crippen LogP contribution is 2.19. The molecule has 2 rings (SSSR count). The molecule has 1 aliphatic heterocycles. The first-order chi connectivity index (χ1) is 9.99. The number of aliphatic hydroxyl groups excluding tert-OH is 3. The van der Waals surface area contributed by atoms with E-state index in [4.69, 9.17) is 9.47 Å². The Morgan fingerprint density at radius 3 is 2.76 bits per heavy atom. The maximum absolute atomic E-state index is 11.0. The van der Waals surface area contributed by atoms with Crippen molar-refractivity contribution >= 4 is 5.97 Å². The lowest BCUT2D eigenvalue weighted by atomic mass is 10.0. The van der Waals surface area contributed by atoms with Crippen LogP contribution in [0.25, 0.3) is 0 Å². The summed E-state index contributed by atoms with van der Waals surface area (Å²) in [6.45, 7) is 1.52. The topological polar surface area (TPSA) is 108 Å². The summed E-state index contributed by atoms with van der Waals surface area (Å²) in [5.41, 5.74) is 0.712. The Balaban J connectivity index is 1.98. The molecule has 1 fully saturated rings. The molecule has 21 heavy (non-hydrogen) atoms. The van der Waals surface area contributed by atoms with Gasteiger partial charge in [-0.05, 0) is 6.07 Å². The fraction of sp³-hybridized carbons (Fsp3) is 0.500. The number of carbonyl (C=O) groups is 1. The van der Waals surface area contributed by atoms with E-state index in [9.17, 15) is 20.1 Å². The first kappa shape index (κ1) is 15.9. The number of aliphatic hydroxyl groups is 3. The van der Waals surface area contributed by atoms with Crippen LogP contribution >= 0.6 is 0 Å². The molecule has 7 heteroatoms. The zero-order chi connectivity index (χ0) is 15.4. The minimum Gasteiger partial charge on any atom is -0.426 e. The predicted octanol–water partition coefficient (Wildman–Crippen LogP) is -0.860. The van der Waals surface area contributed by atoms with E-state index in [0.717, 1.165) is 0 Å². The molecule has 0 spiro atoms. The summed E-state index contributed by atoms with van der Waals surface area (Å²) in [7, 11) is 0. The van der Waals surface area contributed by atoms with Gasteiger partial charge >= 0.3 is 5.97 Å². The van der Waals surface area contributed by atoms with Gasteiger partial charge in [-0.2, -0.15) is 0 Å². The fourth-order valence-electron chi connectivity index (χ4n) is 2.10. The Hall–Kier alpha value is -1.51. The van der Waals surface area contributed by atoms with Gasteiger partial charge in [-0.1, -0.05) is 18.2 Å². The van der Waals surface area contributed by atoms with Crippen molar-refractivity contribution in [3.05, 3.63) is 29.8 Å². The standard InChI is InChI=1S/C14H19NO6/c1-8(16)21-11-5-3-2-4-9(11)6-15-14-13(19)12(18)10(17)7-20-14/h2-5,10,12-15,17-19H,6-7H2,1H3/t10-,12+,13-,14?/m1/s1. The molecule has 0 aliphatic carbocycles. The van der Waals surface area contributed by atoms with Gasteiger partial charge in [0, 0.05) is 19.0 Å². The molecule has 0 aromatic heterocycles. The highest BCUT2D eigenvalue weighted by molar-refractivity contribution is 5.69. The number of nitrogens with one attached hydrogen (secondary N) is 1. The van der Waals surface area contributed by atoms with Crippen LogP contribution in [0.1, 0.15) is 12.5 Å². The van der Waals surface area contributed by atoms with Gasteiger partial charge in [-0.25, -0.2) is 0 Å². The Morgan fingerprint density at radius 2 is 2.05 bits per heavy atom. The summed E-state index contributed by atoms with van der Waals surface area (Å²) in [4.78, 5) is 11.0. The maximum atomic E-state index is 11.0. The number of hydrogen-bond acceptors (Lipinski definition) is 7. The highest BCUT2D eigenvalue weighted by atomic mass is 16.5. The van der Waals surface area contributed by atoms with Crippen molar-refractivity contribution in [2.45, 2.75) is 38.0 Å². The second-order valence-electron chi connectivity index (χ2n) is 4.88. The van der Waals surface area contributed by atoms with Crippen molar-refractivity contribution in [2.75, 3.05) is 6.61 Å². The Labute approximate surface area is 122 Å². The van der Waals surface area contributed by atoms with Crippen LogP contribution < -0.4 is 10.1 Å². The number of esters is 1. The van der Waals surface area contributed by atoms with Crippen molar-refractivity contribution in [1.82, 2.24) is 5.32 Å². The van der Waals surface area contributed by atoms with Crippen LogP contribution in [0.3, 0.4) is 0 Å². The van der Waals surface area contributed by atoms with Gasteiger partial charge in [0.05, 0.1) is 6.61 Å². The first-order valence-electron chi connectivity index (χ1n) is 6.64. The molecule has 1 heterocycles. The molecule has 1 aromatic carbocycles. The van der Waals surface area contributed by atoms with E-state index < -0.39 is 30.5 Å². The van der Waals surface area contributed by atoms with Gasteiger partial charge in [0.1, 0.15) is 30.3 Å². The smallest absolute Gasteiger partial charge is 0.308 e. The quantitative estimate of drug-likeness (QED) is 0.423. The maximum Gasteiger partial charge on any atom is 0.308 e. The molecule has 1 aliphatic rings. The third-order valence-electron chi connectivity index (χ3n) is 3.22. The van der Waals surface area contributed by atoms with Crippen molar-refractivity contribution in [3.8, 4) is 5.75 Å². The van der Waals surface area contributed by atoms with Crippen LogP contribution in [0.15, 0.2) is 24.3 Å². The van der Waals surface area contributed by atoms with Crippen LogP contribution in [-0.2, 0) is 16.1 Å². The molecule has 116 valence electrons. The monoisotopic (exact) mass is 297 g/mol. The van der Waals surface area contributed by atoms with E-state index in [1.807, 2.05) is 0 Å². The van der Waals surface area contributed by atoms with Gasteiger partial charge in [-0.15, -0.1) is 0 Å². The summed E-state index contributed by atoms with van der Waals surface area (Å²) in [5.74, 6) is -0.00155. The van der Waals surface area contributed by atoms with E-state index >= 15 is 0 Å². The molecule has 0 saturated carbocycles. The summed E-state index contributed by atoms with van der Waals surface area (Å²) in [6, 6.07) is 6.97. The minimum atomic E-state index is -1.26. The normalized spacial score (nSPS) is 29.1. The largest absolute Gasteiger partial charge is 0.426 e. The summed E-state index contributed by atoms with van der Waals surface area (Å²) in [6.07, 6.45) is -4.42. The van der Waals surface area contributed by atoms with E-state index in [2.05, 4.69) is 5.32 Å². The molecule has 0 amide bonds. The average molecular weight is 297 g/mol. The molecule has 0 bridgehead atoms. The molecule has 1 aromatic rings. The average Bonchev–Trinajstić information content (AvgIpc) is 2.45. The van der Waals surface area contributed by atoms with Crippen LogP contribution in [0.2, 0.25) is 0 Å². The van der Waals surface area contributed by atoms with E-state index in [1.165, 1.54) is 6.92 Å². The van der Waals surface area contributed by atoms with Crippen LogP contribution in [0.4, 0.5) is 0 Å². The molecular weight excluding hydrogens is 278 g/mol. The third kappa shape index (κ3) is 3.99. The zero-order valence-electron chi connectivity index (χ0n) is 11.6. The number of para-hydroxylation sites is 1. The van der Waals surface area contributed by atoms with Crippen molar-refractivity contribution in [2.24, 2.45) is 0 Å². The molecular formula is C14H19NO6. The van der Waals surface area contributed by atoms with Crippen molar-refractivity contribution in [3.63, 3.8) is 0 Å². The van der Waals surface area contributed by atoms with E-state index in [1.54, 1.807) is 24.3 Å². The number of rotatable bonds is 4. The number of carbonyl (C=O) groups excluding carboxylic acids is 1. The van der Waals surface area contributed by atoms with E-state index in [-0.39, 0.29) is 13.2 Å². The third-order valence-corrected chi connectivity index (χ3v) is 3.22. The SMILES string of the molecule is CC(=O)Oc1ccccc1CNC1OC[C@@H](O)[C@H](O)[C@H]1O. The van der Waals surface area contributed by atoms with Gasteiger partial charge < -0.3 is 24.8 Å². The van der Waals surface area contributed by atoms with Crippen molar-refractivity contribution < 1.29 is 29.6 Å². The molecule has 7 nitrogen and oxygen atoms in total. The second kappa shape index (κ2) is 6.97. The molecule has 1 saturated heterocycles. The Bertz CT molecular complexity index is 494.